The number of furan rings is 1. The predicted octanol–water partition coefficient (Wildman–Crippen LogP) is 2.84. The third-order valence-corrected chi connectivity index (χ3v) is 3.57. The van der Waals surface area contributed by atoms with E-state index < -0.39 is 0 Å². The van der Waals surface area contributed by atoms with Crippen LogP contribution >= 0.6 is 36.2 Å². The summed E-state index contributed by atoms with van der Waals surface area (Å²) in [5.41, 5.74) is 5.91. The molecule has 0 aliphatic heterocycles. The molecule has 0 aromatic carbocycles. The molecule has 5 nitrogen and oxygen atoms in total. The first-order valence-corrected chi connectivity index (χ1v) is 6.42. The highest BCUT2D eigenvalue weighted by molar-refractivity contribution is 7.11. The molecule has 0 fully saturated rings. The normalized spacial score (nSPS) is 11.2. The Hall–Kier alpha value is -1.08. The molecule has 0 aliphatic rings. The van der Waals surface area contributed by atoms with Crippen LogP contribution in [0.3, 0.4) is 0 Å². The van der Waals surface area contributed by atoms with Gasteiger partial charge in [0.25, 0.3) is 5.91 Å². The lowest BCUT2D eigenvalue weighted by Gasteiger charge is -2.09. The van der Waals surface area contributed by atoms with Gasteiger partial charge in [0.05, 0.1) is 18.2 Å². The minimum atomic E-state index is -0.182. The summed E-state index contributed by atoms with van der Waals surface area (Å²) in [6.07, 6.45) is 3.21. The van der Waals surface area contributed by atoms with Crippen molar-refractivity contribution < 1.29 is 9.21 Å². The average Bonchev–Trinajstić information content (AvgIpc) is 2.97. The van der Waals surface area contributed by atoms with E-state index in [4.69, 9.17) is 10.2 Å². The maximum Gasteiger partial charge on any atom is 0.255 e. The summed E-state index contributed by atoms with van der Waals surface area (Å²) >= 11 is 1.57. The van der Waals surface area contributed by atoms with Crippen molar-refractivity contribution in [1.29, 1.82) is 0 Å². The summed E-state index contributed by atoms with van der Waals surface area (Å²) in [6, 6.07) is 1.53. The van der Waals surface area contributed by atoms with Crippen LogP contribution in [0.5, 0.6) is 0 Å². The molecule has 8 heteroatoms. The van der Waals surface area contributed by atoms with Gasteiger partial charge in [-0.1, -0.05) is 0 Å². The molecule has 3 N–H and O–H groups in total. The zero-order valence-electron chi connectivity index (χ0n) is 11.1. The van der Waals surface area contributed by atoms with Crippen LogP contribution in [0.25, 0.3) is 0 Å². The maximum absolute atomic E-state index is 11.9. The van der Waals surface area contributed by atoms with Crippen LogP contribution in [0.1, 0.15) is 39.0 Å². The molecule has 2 rings (SSSR count). The number of hydrogen-bond acceptors (Lipinski definition) is 5. The lowest BCUT2D eigenvalue weighted by Crippen LogP contribution is -2.26. The SMILES string of the molecule is Cc1cnc(C(C)NC(=O)c2coc(CN)c2)s1.Cl.Cl. The fourth-order valence-corrected chi connectivity index (χ4v) is 2.30. The molecule has 0 saturated heterocycles. The van der Waals surface area contributed by atoms with Gasteiger partial charge in [-0.3, -0.25) is 4.79 Å². The first kappa shape index (κ1) is 18.9. The number of halogens is 2. The minimum absolute atomic E-state index is 0. The molecule has 112 valence electrons. The van der Waals surface area contributed by atoms with Gasteiger partial charge in [0, 0.05) is 11.1 Å². The molecule has 0 saturated carbocycles. The number of aryl methyl sites for hydroxylation is 1. The molecule has 2 aromatic rings. The van der Waals surface area contributed by atoms with Gasteiger partial charge in [0.1, 0.15) is 17.0 Å². The molecule has 0 bridgehead atoms. The Bertz CT molecular complexity index is 556. The minimum Gasteiger partial charge on any atom is -0.467 e. The average molecular weight is 338 g/mol. The number of thiazole rings is 1. The van der Waals surface area contributed by atoms with E-state index in [0.717, 1.165) is 9.88 Å². The lowest BCUT2D eigenvalue weighted by molar-refractivity contribution is 0.0939. The van der Waals surface area contributed by atoms with E-state index in [-0.39, 0.29) is 43.3 Å². The molecule has 1 atom stereocenters. The molecule has 0 aliphatic carbocycles. The zero-order chi connectivity index (χ0) is 13.1. The van der Waals surface area contributed by atoms with Gasteiger partial charge < -0.3 is 15.5 Å². The van der Waals surface area contributed by atoms with Crippen molar-refractivity contribution in [2.24, 2.45) is 5.73 Å². The van der Waals surface area contributed by atoms with Crippen LogP contribution in [0.2, 0.25) is 0 Å². The van der Waals surface area contributed by atoms with Gasteiger partial charge in [-0.15, -0.1) is 36.2 Å². The van der Waals surface area contributed by atoms with Crippen LogP contribution < -0.4 is 11.1 Å². The number of nitrogens with one attached hydrogen (secondary N) is 1. The maximum atomic E-state index is 11.9. The number of carbonyl (C=O) groups is 1. The summed E-state index contributed by atoms with van der Waals surface area (Å²) in [4.78, 5) is 17.3. The van der Waals surface area contributed by atoms with Gasteiger partial charge in [0.15, 0.2) is 0 Å². The summed E-state index contributed by atoms with van der Waals surface area (Å²) in [7, 11) is 0. The third-order valence-electron chi connectivity index (χ3n) is 2.47. The van der Waals surface area contributed by atoms with Crippen molar-refractivity contribution in [2.45, 2.75) is 26.4 Å². The van der Waals surface area contributed by atoms with Gasteiger partial charge in [-0.05, 0) is 19.9 Å². The van der Waals surface area contributed by atoms with Gasteiger partial charge >= 0.3 is 0 Å². The Kier molecular flexibility index (Phi) is 7.82. The second-order valence-electron chi connectivity index (χ2n) is 4.01. The number of hydrogen-bond donors (Lipinski definition) is 2. The second-order valence-corrected chi connectivity index (χ2v) is 5.28. The van der Waals surface area contributed by atoms with Crippen LogP contribution in [0.4, 0.5) is 0 Å². The molecule has 0 radical (unpaired) electrons. The van der Waals surface area contributed by atoms with Crippen molar-refractivity contribution in [3.63, 3.8) is 0 Å². The second kappa shape index (κ2) is 8.26. The molecular weight excluding hydrogens is 321 g/mol. The molecule has 2 aromatic heterocycles. The van der Waals surface area contributed by atoms with Crippen molar-refractivity contribution >= 4 is 42.1 Å². The molecular formula is C12H17Cl2N3O2S. The van der Waals surface area contributed by atoms with E-state index in [1.54, 1.807) is 23.6 Å². The topological polar surface area (TPSA) is 81.2 Å². The smallest absolute Gasteiger partial charge is 0.255 e. The summed E-state index contributed by atoms with van der Waals surface area (Å²) in [5, 5.41) is 3.76. The standard InChI is InChI=1S/C12H15N3O2S.2ClH/c1-7-5-14-12(18-7)8(2)15-11(16)9-3-10(4-13)17-6-9;;/h3,5-6,8H,4,13H2,1-2H3,(H,15,16);2*1H. The monoisotopic (exact) mass is 337 g/mol. The zero-order valence-corrected chi connectivity index (χ0v) is 13.5. The van der Waals surface area contributed by atoms with E-state index >= 15 is 0 Å². The largest absolute Gasteiger partial charge is 0.467 e. The van der Waals surface area contributed by atoms with Gasteiger partial charge in [0.2, 0.25) is 0 Å². The van der Waals surface area contributed by atoms with Crippen LogP contribution in [0, 0.1) is 6.92 Å². The highest BCUT2D eigenvalue weighted by Gasteiger charge is 2.15. The fourth-order valence-electron chi connectivity index (χ4n) is 1.52. The third kappa shape index (κ3) is 4.49. The Morgan fingerprint density at radius 1 is 1.55 bits per heavy atom. The number of nitrogens with two attached hydrogens (primary N) is 1. The first-order valence-electron chi connectivity index (χ1n) is 5.61. The fraction of sp³-hybridized carbons (Fsp3) is 0.333. The van der Waals surface area contributed by atoms with E-state index in [1.807, 2.05) is 13.8 Å². The van der Waals surface area contributed by atoms with E-state index in [2.05, 4.69) is 10.3 Å². The molecule has 1 amide bonds. The van der Waals surface area contributed by atoms with E-state index in [1.165, 1.54) is 6.26 Å². The highest BCUT2D eigenvalue weighted by atomic mass is 35.5. The number of amides is 1. The summed E-state index contributed by atoms with van der Waals surface area (Å²) in [6.45, 7) is 4.17. The Balaban J connectivity index is 0.00000180. The van der Waals surface area contributed by atoms with Crippen molar-refractivity contribution in [3.05, 3.63) is 39.7 Å². The van der Waals surface area contributed by atoms with Gasteiger partial charge in [-0.25, -0.2) is 4.98 Å². The Morgan fingerprint density at radius 3 is 2.75 bits per heavy atom. The summed E-state index contributed by atoms with van der Waals surface area (Å²) < 4.78 is 5.13. The number of aromatic nitrogens is 1. The van der Waals surface area contributed by atoms with Crippen molar-refractivity contribution in [3.8, 4) is 0 Å². The van der Waals surface area contributed by atoms with Crippen molar-refractivity contribution in [1.82, 2.24) is 10.3 Å². The molecule has 1 unspecified atom stereocenters. The van der Waals surface area contributed by atoms with Crippen LogP contribution in [0.15, 0.2) is 22.9 Å². The predicted molar refractivity (Wildman–Crippen MR) is 83.8 cm³/mol. The summed E-state index contributed by atoms with van der Waals surface area (Å²) in [5.74, 6) is 0.414. The Labute approximate surface area is 133 Å². The van der Waals surface area contributed by atoms with Gasteiger partial charge in [-0.2, -0.15) is 0 Å². The van der Waals surface area contributed by atoms with Crippen molar-refractivity contribution in [2.75, 3.05) is 0 Å². The van der Waals surface area contributed by atoms with Crippen LogP contribution in [-0.2, 0) is 6.54 Å². The molecule has 0 spiro atoms. The molecule has 2 heterocycles. The quantitative estimate of drug-likeness (QED) is 0.898. The highest BCUT2D eigenvalue weighted by Crippen LogP contribution is 2.19. The lowest BCUT2D eigenvalue weighted by atomic mass is 10.2. The number of nitrogens with zero attached hydrogens (tertiary/aromatic N) is 1. The Morgan fingerprint density at radius 2 is 2.25 bits per heavy atom. The van der Waals surface area contributed by atoms with E-state index in [9.17, 15) is 4.79 Å². The first-order chi connectivity index (χ1) is 8.60. The van der Waals surface area contributed by atoms with Crippen LogP contribution in [-0.4, -0.2) is 10.9 Å². The van der Waals surface area contributed by atoms with E-state index in [0.29, 0.717) is 11.3 Å². The number of rotatable bonds is 4. The number of carbonyl (C=O) groups excluding carboxylic acids is 1. The molecule has 20 heavy (non-hydrogen) atoms.